The molecular weight excluding hydrogens is 580 g/mol. The number of nitrogens with one attached hydrogen (secondary N) is 2. The third kappa shape index (κ3) is 9.44. The molecule has 3 aromatic rings. The predicted molar refractivity (Wildman–Crippen MR) is 182 cm³/mol. The molecule has 3 amide bonds. The Kier molecular flexibility index (Phi) is 13.2. The molecule has 0 radical (unpaired) electrons. The standard InChI is InChI=1S/C37H50N4O5/c1-4-27-14-13-16-31(24-27)40(5-2)34(42)26-41-32-17-11-10-15-29(32)25-33(41)37(45)39-30-21-19-28(20-22-30)36(44)38-23-12-8-6-7-9-18-35(43)46-3/h10-11,13-17,24-25,28,30H,4-9,12,18-23,26H2,1-3H3,(H,38,44)(H,39,45)/t28-,30-. The van der Waals surface area contributed by atoms with Gasteiger partial charge in [0.2, 0.25) is 11.8 Å². The van der Waals surface area contributed by atoms with Gasteiger partial charge < -0.3 is 24.8 Å². The second-order valence-electron chi connectivity index (χ2n) is 12.2. The van der Waals surface area contributed by atoms with E-state index in [2.05, 4.69) is 34.4 Å². The van der Waals surface area contributed by atoms with Crippen LogP contribution in [-0.4, -0.2) is 54.5 Å². The van der Waals surface area contributed by atoms with Gasteiger partial charge in [-0.3, -0.25) is 19.2 Å². The fraction of sp³-hybridized carbons (Fsp3) is 0.514. The summed E-state index contributed by atoms with van der Waals surface area (Å²) >= 11 is 0. The molecular formula is C37H50N4O5. The van der Waals surface area contributed by atoms with Crippen molar-refractivity contribution in [2.75, 3.05) is 25.1 Å². The lowest BCUT2D eigenvalue weighted by Crippen LogP contribution is -2.42. The molecule has 1 aliphatic rings. The molecule has 1 aliphatic carbocycles. The van der Waals surface area contributed by atoms with Crippen molar-refractivity contribution in [2.24, 2.45) is 5.92 Å². The van der Waals surface area contributed by atoms with Crippen LogP contribution in [0.4, 0.5) is 5.69 Å². The van der Waals surface area contributed by atoms with Gasteiger partial charge in [-0.25, -0.2) is 0 Å². The third-order valence-corrected chi connectivity index (χ3v) is 9.10. The van der Waals surface area contributed by atoms with Gasteiger partial charge in [0.1, 0.15) is 12.2 Å². The minimum Gasteiger partial charge on any atom is -0.469 e. The summed E-state index contributed by atoms with van der Waals surface area (Å²) in [7, 11) is 1.41. The molecule has 1 heterocycles. The first kappa shape index (κ1) is 34.7. The Bertz CT molecular complexity index is 1470. The maximum absolute atomic E-state index is 13.7. The molecule has 0 atom stereocenters. The maximum atomic E-state index is 13.7. The number of para-hydroxylation sites is 1. The Morgan fingerprint density at radius 2 is 1.63 bits per heavy atom. The molecule has 0 saturated heterocycles. The van der Waals surface area contributed by atoms with Gasteiger partial charge in [0.15, 0.2) is 0 Å². The van der Waals surface area contributed by atoms with E-state index in [-0.39, 0.29) is 42.2 Å². The van der Waals surface area contributed by atoms with Crippen LogP contribution in [0.15, 0.2) is 54.6 Å². The largest absolute Gasteiger partial charge is 0.469 e. The van der Waals surface area contributed by atoms with E-state index in [0.717, 1.165) is 80.8 Å². The first-order valence-electron chi connectivity index (χ1n) is 17.0. The molecule has 1 fully saturated rings. The molecule has 4 rings (SSSR count). The number of carbonyl (C=O) groups excluding carboxylic acids is 4. The van der Waals surface area contributed by atoms with E-state index >= 15 is 0 Å². The summed E-state index contributed by atoms with van der Waals surface area (Å²) in [4.78, 5) is 53.0. The number of fused-ring (bicyclic) bond motifs is 1. The molecule has 0 unspecified atom stereocenters. The SMILES string of the molecule is CCc1cccc(N(CC)C(=O)Cn2c(C(=O)N[C@H]3CC[C@H](C(=O)NCCCCCCCC(=O)OC)CC3)cc3ccccc32)c1. The van der Waals surface area contributed by atoms with Crippen molar-refractivity contribution in [3.8, 4) is 0 Å². The minimum absolute atomic E-state index is 0.0207. The normalized spacial score (nSPS) is 16.2. The quantitative estimate of drug-likeness (QED) is 0.145. The number of benzene rings is 2. The molecule has 0 bridgehead atoms. The number of aromatic nitrogens is 1. The molecule has 1 aromatic heterocycles. The number of rotatable bonds is 16. The van der Waals surface area contributed by atoms with Crippen LogP contribution < -0.4 is 15.5 Å². The van der Waals surface area contributed by atoms with Gasteiger partial charge in [-0.15, -0.1) is 0 Å². The average Bonchev–Trinajstić information content (AvgIpc) is 3.44. The van der Waals surface area contributed by atoms with Crippen LogP contribution in [0.2, 0.25) is 0 Å². The fourth-order valence-corrected chi connectivity index (χ4v) is 6.38. The van der Waals surface area contributed by atoms with Crippen molar-refractivity contribution in [3.05, 3.63) is 65.9 Å². The number of carbonyl (C=O) groups is 4. The molecule has 9 heteroatoms. The number of esters is 1. The van der Waals surface area contributed by atoms with Crippen LogP contribution in [0.5, 0.6) is 0 Å². The summed E-state index contributed by atoms with van der Waals surface area (Å²) in [5.41, 5.74) is 3.35. The van der Waals surface area contributed by atoms with Gasteiger partial charge in [-0.1, -0.05) is 56.5 Å². The third-order valence-electron chi connectivity index (χ3n) is 9.10. The van der Waals surface area contributed by atoms with Crippen LogP contribution >= 0.6 is 0 Å². The number of methoxy groups -OCH3 is 1. The Hall–Kier alpha value is -4.14. The van der Waals surface area contributed by atoms with Gasteiger partial charge >= 0.3 is 5.97 Å². The monoisotopic (exact) mass is 630 g/mol. The van der Waals surface area contributed by atoms with Crippen LogP contribution in [0.1, 0.15) is 94.1 Å². The Balaban J connectivity index is 1.29. The molecule has 9 nitrogen and oxygen atoms in total. The zero-order valence-electron chi connectivity index (χ0n) is 27.7. The fourth-order valence-electron chi connectivity index (χ4n) is 6.38. The van der Waals surface area contributed by atoms with Crippen molar-refractivity contribution in [3.63, 3.8) is 0 Å². The van der Waals surface area contributed by atoms with E-state index in [1.54, 1.807) is 4.90 Å². The van der Waals surface area contributed by atoms with Gasteiger partial charge in [0.25, 0.3) is 5.91 Å². The Labute approximate surface area is 273 Å². The zero-order valence-corrected chi connectivity index (χ0v) is 27.7. The van der Waals surface area contributed by atoms with Crippen molar-refractivity contribution < 1.29 is 23.9 Å². The van der Waals surface area contributed by atoms with Crippen LogP contribution in [0, 0.1) is 5.92 Å². The lowest BCUT2D eigenvalue weighted by atomic mass is 9.85. The number of hydrogen-bond donors (Lipinski definition) is 2. The van der Waals surface area contributed by atoms with Crippen LogP contribution in [0.25, 0.3) is 10.9 Å². The summed E-state index contributed by atoms with van der Waals surface area (Å²) in [5, 5.41) is 7.20. The highest BCUT2D eigenvalue weighted by molar-refractivity contribution is 6.01. The number of likely N-dealkylation sites (N-methyl/N-ethyl adjacent to an activating group) is 1. The van der Waals surface area contributed by atoms with E-state index in [1.165, 1.54) is 12.7 Å². The van der Waals surface area contributed by atoms with E-state index in [1.807, 2.05) is 54.0 Å². The van der Waals surface area contributed by atoms with Crippen LogP contribution in [0.3, 0.4) is 0 Å². The lowest BCUT2D eigenvalue weighted by Gasteiger charge is -2.28. The highest BCUT2D eigenvalue weighted by Crippen LogP contribution is 2.26. The van der Waals surface area contributed by atoms with E-state index in [0.29, 0.717) is 25.2 Å². The van der Waals surface area contributed by atoms with Gasteiger partial charge in [-0.2, -0.15) is 0 Å². The highest BCUT2D eigenvalue weighted by Gasteiger charge is 2.28. The number of nitrogens with zero attached hydrogens (tertiary/aromatic N) is 2. The number of anilines is 1. The Morgan fingerprint density at radius 3 is 2.37 bits per heavy atom. The first-order valence-corrected chi connectivity index (χ1v) is 17.0. The Morgan fingerprint density at radius 1 is 0.891 bits per heavy atom. The molecule has 2 N–H and O–H groups in total. The number of aryl methyl sites for hydroxylation is 1. The van der Waals surface area contributed by atoms with E-state index in [9.17, 15) is 19.2 Å². The van der Waals surface area contributed by atoms with Crippen molar-refractivity contribution in [1.29, 1.82) is 0 Å². The molecule has 248 valence electrons. The number of unbranched alkanes of at least 4 members (excludes halogenated alkanes) is 4. The van der Waals surface area contributed by atoms with E-state index < -0.39 is 0 Å². The topological polar surface area (TPSA) is 110 Å². The van der Waals surface area contributed by atoms with E-state index in [4.69, 9.17) is 0 Å². The molecule has 2 aromatic carbocycles. The minimum atomic E-state index is -0.195. The first-order chi connectivity index (χ1) is 22.3. The summed E-state index contributed by atoms with van der Waals surface area (Å²) in [6.07, 6.45) is 9.09. The van der Waals surface area contributed by atoms with Crippen molar-refractivity contribution in [2.45, 2.75) is 97.1 Å². The molecule has 0 aliphatic heterocycles. The van der Waals surface area contributed by atoms with Crippen molar-refractivity contribution in [1.82, 2.24) is 15.2 Å². The lowest BCUT2D eigenvalue weighted by molar-refractivity contribution is -0.140. The molecule has 46 heavy (non-hydrogen) atoms. The summed E-state index contributed by atoms with van der Waals surface area (Å²) < 4.78 is 6.49. The second kappa shape index (κ2) is 17.5. The summed E-state index contributed by atoms with van der Waals surface area (Å²) in [6, 6.07) is 17.7. The maximum Gasteiger partial charge on any atom is 0.305 e. The number of hydrogen-bond acceptors (Lipinski definition) is 5. The summed E-state index contributed by atoms with van der Waals surface area (Å²) in [6.45, 7) is 5.31. The van der Waals surface area contributed by atoms with Gasteiger partial charge in [0, 0.05) is 48.1 Å². The number of amides is 3. The molecule has 1 saturated carbocycles. The summed E-state index contributed by atoms with van der Waals surface area (Å²) in [5.74, 6) is -0.372. The second-order valence-corrected chi connectivity index (χ2v) is 12.2. The average molecular weight is 631 g/mol. The smallest absolute Gasteiger partial charge is 0.305 e. The molecule has 0 spiro atoms. The zero-order chi connectivity index (χ0) is 32.9. The predicted octanol–water partition coefficient (Wildman–Crippen LogP) is 6.18. The van der Waals surface area contributed by atoms with Gasteiger partial charge in [0.05, 0.1) is 7.11 Å². The van der Waals surface area contributed by atoms with Crippen LogP contribution in [-0.2, 0) is 32.1 Å². The highest BCUT2D eigenvalue weighted by atomic mass is 16.5. The number of ether oxygens (including phenoxy) is 1. The van der Waals surface area contributed by atoms with Gasteiger partial charge in [-0.05, 0) is 81.7 Å². The van der Waals surface area contributed by atoms with Crippen molar-refractivity contribution >= 4 is 40.3 Å².